The highest BCUT2D eigenvalue weighted by molar-refractivity contribution is 6.32. The average Bonchev–Trinajstić information content (AvgIpc) is 2.70. The van der Waals surface area contributed by atoms with Crippen molar-refractivity contribution in [3.05, 3.63) is 29.1 Å². The molecule has 0 radical (unpaired) electrons. The highest BCUT2D eigenvalue weighted by Crippen LogP contribution is 2.33. The molecule has 6 heteroatoms. The van der Waals surface area contributed by atoms with Gasteiger partial charge in [-0.05, 0) is 12.1 Å². The summed E-state index contributed by atoms with van der Waals surface area (Å²) in [5.41, 5.74) is 5.75. The van der Waals surface area contributed by atoms with Crippen LogP contribution < -0.4 is 5.73 Å². The topological polar surface area (TPSA) is 85.2 Å². The van der Waals surface area contributed by atoms with Crippen LogP contribution in [0.15, 0.2) is 22.7 Å². The maximum absolute atomic E-state index is 9.65. The number of hydrogen-bond donors (Lipinski definition) is 2. The van der Waals surface area contributed by atoms with Gasteiger partial charge >= 0.3 is 0 Å². The first kappa shape index (κ1) is 9.95. The number of phenolic OH excluding ortho intramolecular Hbond substituents is 1. The Balaban J connectivity index is 2.49. The Morgan fingerprint density at radius 2 is 2.27 bits per heavy atom. The summed E-state index contributed by atoms with van der Waals surface area (Å²) in [6, 6.07) is 4.91. The lowest BCUT2D eigenvalue weighted by molar-refractivity contribution is 0.380. The largest absolute Gasteiger partial charge is 0.506 e. The minimum absolute atomic E-state index is 0.0662. The summed E-state index contributed by atoms with van der Waals surface area (Å²) in [5, 5.41) is 13.6. The summed E-state index contributed by atoms with van der Waals surface area (Å²) in [6.45, 7) is 0.161. The molecule has 3 N–H and O–H groups in total. The van der Waals surface area contributed by atoms with Gasteiger partial charge in [-0.2, -0.15) is 4.98 Å². The first-order valence-corrected chi connectivity index (χ1v) is 4.60. The molecule has 2 rings (SSSR count). The summed E-state index contributed by atoms with van der Waals surface area (Å²) >= 11 is 5.74. The van der Waals surface area contributed by atoms with Crippen LogP contribution in [0.1, 0.15) is 5.89 Å². The Bertz CT molecular complexity index is 484. The second kappa shape index (κ2) is 3.88. The fourth-order valence-corrected chi connectivity index (χ4v) is 1.32. The molecule has 0 aliphatic carbocycles. The van der Waals surface area contributed by atoms with Gasteiger partial charge in [0.2, 0.25) is 11.7 Å². The first-order chi connectivity index (χ1) is 7.22. The van der Waals surface area contributed by atoms with Gasteiger partial charge in [-0.3, -0.25) is 0 Å². The first-order valence-electron chi connectivity index (χ1n) is 4.23. The number of benzene rings is 1. The molecule has 0 unspecified atom stereocenters. The fourth-order valence-electron chi connectivity index (χ4n) is 1.14. The SMILES string of the molecule is NCc1nc(-c2cccc(Cl)c2O)no1. The van der Waals surface area contributed by atoms with Crippen LogP contribution in [0, 0.1) is 0 Å². The van der Waals surface area contributed by atoms with Crippen molar-refractivity contribution in [1.29, 1.82) is 0 Å². The average molecular weight is 226 g/mol. The number of rotatable bonds is 2. The van der Waals surface area contributed by atoms with Gasteiger partial charge < -0.3 is 15.4 Å². The standard InChI is InChI=1S/C9H8ClN3O2/c10-6-3-1-2-5(8(6)14)9-12-7(4-11)15-13-9/h1-3,14H,4,11H2. The minimum Gasteiger partial charge on any atom is -0.506 e. The van der Waals surface area contributed by atoms with Crippen molar-refractivity contribution in [2.75, 3.05) is 0 Å². The van der Waals surface area contributed by atoms with Gasteiger partial charge in [0, 0.05) is 0 Å². The molecule has 1 aromatic heterocycles. The zero-order chi connectivity index (χ0) is 10.8. The van der Waals surface area contributed by atoms with Crippen LogP contribution >= 0.6 is 11.6 Å². The zero-order valence-electron chi connectivity index (χ0n) is 7.64. The fraction of sp³-hybridized carbons (Fsp3) is 0.111. The molecule has 5 nitrogen and oxygen atoms in total. The lowest BCUT2D eigenvalue weighted by Crippen LogP contribution is -1.95. The highest BCUT2D eigenvalue weighted by Gasteiger charge is 2.13. The number of phenols is 1. The predicted octanol–water partition coefficient (Wildman–Crippen LogP) is 1.55. The quantitative estimate of drug-likeness (QED) is 0.810. The van der Waals surface area contributed by atoms with Crippen molar-refractivity contribution < 1.29 is 9.63 Å². The van der Waals surface area contributed by atoms with Crippen molar-refractivity contribution in [2.45, 2.75) is 6.54 Å². The van der Waals surface area contributed by atoms with Crippen molar-refractivity contribution in [1.82, 2.24) is 10.1 Å². The normalized spacial score (nSPS) is 10.5. The molecule has 0 bridgehead atoms. The Morgan fingerprint density at radius 3 is 2.93 bits per heavy atom. The highest BCUT2D eigenvalue weighted by atomic mass is 35.5. The molecule has 0 saturated heterocycles. The molecule has 0 amide bonds. The van der Waals surface area contributed by atoms with Crippen LogP contribution in [0.2, 0.25) is 5.02 Å². The van der Waals surface area contributed by atoms with Crippen LogP contribution in [-0.2, 0) is 6.54 Å². The summed E-state index contributed by atoms with van der Waals surface area (Å²) in [6.07, 6.45) is 0. The second-order valence-electron chi connectivity index (χ2n) is 2.85. The molecule has 0 fully saturated rings. The molecule has 2 aromatic rings. The van der Waals surface area contributed by atoms with E-state index in [1.165, 1.54) is 0 Å². The Hall–Kier alpha value is -1.59. The van der Waals surface area contributed by atoms with Crippen molar-refractivity contribution in [3.8, 4) is 17.1 Å². The number of nitrogens with zero attached hydrogens (tertiary/aromatic N) is 2. The summed E-state index contributed by atoms with van der Waals surface area (Å²) in [7, 11) is 0. The van der Waals surface area contributed by atoms with E-state index in [1.807, 2.05) is 0 Å². The van der Waals surface area contributed by atoms with Crippen molar-refractivity contribution >= 4 is 11.6 Å². The molecule has 0 aliphatic rings. The van der Waals surface area contributed by atoms with Crippen molar-refractivity contribution in [3.63, 3.8) is 0 Å². The molecule has 0 atom stereocenters. The van der Waals surface area contributed by atoms with Gasteiger partial charge in [0.1, 0.15) is 5.75 Å². The number of nitrogens with two attached hydrogens (primary N) is 1. The number of aromatic nitrogens is 2. The molecule has 1 heterocycles. The summed E-state index contributed by atoms with van der Waals surface area (Å²) in [5.74, 6) is 0.517. The maximum atomic E-state index is 9.65. The minimum atomic E-state index is -0.0662. The smallest absolute Gasteiger partial charge is 0.240 e. The lowest BCUT2D eigenvalue weighted by atomic mass is 10.2. The van der Waals surface area contributed by atoms with E-state index in [2.05, 4.69) is 10.1 Å². The molecule has 0 saturated carbocycles. The monoisotopic (exact) mass is 225 g/mol. The number of aromatic hydroxyl groups is 1. The van der Waals surface area contributed by atoms with Crippen LogP contribution in [0.25, 0.3) is 11.4 Å². The van der Waals surface area contributed by atoms with Crippen LogP contribution in [-0.4, -0.2) is 15.2 Å². The van der Waals surface area contributed by atoms with Gasteiger partial charge in [-0.1, -0.05) is 22.8 Å². The Kier molecular flexibility index (Phi) is 2.57. The number of halogens is 1. The molecule has 78 valence electrons. The van der Waals surface area contributed by atoms with Crippen molar-refractivity contribution in [2.24, 2.45) is 5.73 Å². The van der Waals surface area contributed by atoms with E-state index in [9.17, 15) is 5.11 Å². The van der Waals surface area contributed by atoms with E-state index in [0.717, 1.165) is 0 Å². The Morgan fingerprint density at radius 1 is 1.47 bits per heavy atom. The molecular formula is C9H8ClN3O2. The Labute approximate surface area is 90.5 Å². The third kappa shape index (κ3) is 1.79. The number of hydrogen-bond acceptors (Lipinski definition) is 5. The summed E-state index contributed by atoms with van der Waals surface area (Å²) < 4.78 is 4.82. The predicted molar refractivity (Wildman–Crippen MR) is 54.3 cm³/mol. The van der Waals surface area contributed by atoms with E-state index in [4.69, 9.17) is 21.9 Å². The van der Waals surface area contributed by atoms with Crippen LogP contribution in [0.5, 0.6) is 5.75 Å². The summed E-state index contributed by atoms with van der Waals surface area (Å²) in [4.78, 5) is 3.98. The number of para-hydroxylation sites is 1. The lowest BCUT2D eigenvalue weighted by Gasteiger charge is -2.00. The second-order valence-corrected chi connectivity index (χ2v) is 3.26. The van der Waals surface area contributed by atoms with Gasteiger partial charge in [-0.15, -0.1) is 0 Å². The van der Waals surface area contributed by atoms with E-state index in [1.54, 1.807) is 18.2 Å². The molecule has 1 aromatic carbocycles. The third-order valence-electron chi connectivity index (χ3n) is 1.87. The van der Waals surface area contributed by atoms with Gasteiger partial charge in [0.05, 0.1) is 17.1 Å². The van der Waals surface area contributed by atoms with Crippen LogP contribution in [0.4, 0.5) is 0 Å². The molecule has 0 aliphatic heterocycles. The van der Waals surface area contributed by atoms with E-state index in [0.29, 0.717) is 11.5 Å². The van der Waals surface area contributed by atoms with E-state index in [-0.39, 0.29) is 23.1 Å². The van der Waals surface area contributed by atoms with Gasteiger partial charge in [0.25, 0.3) is 0 Å². The zero-order valence-corrected chi connectivity index (χ0v) is 8.40. The van der Waals surface area contributed by atoms with Crippen LogP contribution in [0.3, 0.4) is 0 Å². The third-order valence-corrected chi connectivity index (χ3v) is 2.18. The van der Waals surface area contributed by atoms with E-state index < -0.39 is 0 Å². The van der Waals surface area contributed by atoms with Gasteiger partial charge in [0.15, 0.2) is 0 Å². The molecular weight excluding hydrogens is 218 g/mol. The molecule has 15 heavy (non-hydrogen) atoms. The molecule has 0 spiro atoms. The maximum Gasteiger partial charge on any atom is 0.240 e. The van der Waals surface area contributed by atoms with Gasteiger partial charge in [-0.25, -0.2) is 0 Å². The van der Waals surface area contributed by atoms with E-state index >= 15 is 0 Å².